The number of thiocarbonyl (C=S) groups is 1. The number of amides is 1. The summed E-state index contributed by atoms with van der Waals surface area (Å²) >= 11 is 5.10. The number of rotatable bonds is 4. The van der Waals surface area contributed by atoms with Crippen molar-refractivity contribution in [1.82, 2.24) is 5.32 Å². The zero-order valence-corrected chi connectivity index (χ0v) is 15.9. The third kappa shape index (κ3) is 4.36. The van der Waals surface area contributed by atoms with Crippen molar-refractivity contribution in [2.24, 2.45) is 0 Å². The van der Waals surface area contributed by atoms with Crippen LogP contribution in [0.25, 0.3) is 0 Å². The summed E-state index contributed by atoms with van der Waals surface area (Å²) in [6, 6.07) is 10.6. The molecular weight excluding hydrogens is 365 g/mol. The molecule has 7 heteroatoms. The molecule has 0 aromatic heterocycles. The highest BCUT2D eigenvalue weighted by Gasteiger charge is 2.24. The third-order valence-corrected chi connectivity index (χ3v) is 4.89. The van der Waals surface area contributed by atoms with Gasteiger partial charge in [0.05, 0.1) is 17.9 Å². The molecule has 1 heterocycles. The van der Waals surface area contributed by atoms with Crippen LogP contribution in [-0.4, -0.2) is 23.2 Å². The molecule has 2 aromatic carbocycles. The Hall–Kier alpha value is -2.67. The van der Waals surface area contributed by atoms with E-state index in [0.717, 1.165) is 24.0 Å². The number of alkyl halides is 1. The van der Waals surface area contributed by atoms with Crippen LogP contribution in [-0.2, 0) is 24.4 Å². The minimum absolute atomic E-state index is 0.00902. The molecular formula is C20H22FN3O2S. The second-order valence-electron chi connectivity index (χ2n) is 6.49. The van der Waals surface area contributed by atoms with Gasteiger partial charge in [-0.1, -0.05) is 24.3 Å². The maximum atomic E-state index is 13.0. The smallest absolute Gasteiger partial charge is 0.227 e. The lowest BCUT2D eigenvalue weighted by atomic mass is 10.1. The van der Waals surface area contributed by atoms with Crippen molar-refractivity contribution in [3.05, 3.63) is 53.1 Å². The van der Waals surface area contributed by atoms with Crippen molar-refractivity contribution in [2.45, 2.75) is 32.5 Å². The van der Waals surface area contributed by atoms with Crippen LogP contribution in [0.3, 0.4) is 0 Å². The van der Waals surface area contributed by atoms with Gasteiger partial charge in [0, 0.05) is 19.5 Å². The number of nitrogens with one attached hydrogen (secondary N) is 2. The van der Waals surface area contributed by atoms with Crippen LogP contribution in [0, 0.1) is 0 Å². The predicted molar refractivity (Wildman–Crippen MR) is 109 cm³/mol. The Kier molecular flexibility index (Phi) is 5.91. The number of aromatic hydroxyl groups is 1. The van der Waals surface area contributed by atoms with E-state index in [9.17, 15) is 14.3 Å². The topological polar surface area (TPSA) is 64.6 Å². The monoisotopic (exact) mass is 387 g/mol. The Morgan fingerprint density at radius 1 is 1.26 bits per heavy atom. The minimum Gasteiger partial charge on any atom is -0.506 e. The molecule has 3 N–H and O–H groups in total. The number of hydrogen-bond donors (Lipinski definition) is 3. The lowest BCUT2D eigenvalue weighted by molar-refractivity contribution is -0.118. The van der Waals surface area contributed by atoms with Gasteiger partial charge in [-0.15, -0.1) is 0 Å². The Morgan fingerprint density at radius 2 is 2.04 bits per heavy atom. The summed E-state index contributed by atoms with van der Waals surface area (Å²) in [5.41, 5.74) is 3.58. The molecule has 0 bridgehead atoms. The first-order chi connectivity index (χ1) is 13.0. The quantitative estimate of drug-likeness (QED) is 0.552. The molecule has 0 spiro atoms. The Labute approximate surface area is 163 Å². The molecule has 0 atom stereocenters. The number of hydrogen-bond acceptors (Lipinski definition) is 3. The number of phenolic OH excluding ortho intramolecular Hbond substituents is 1. The summed E-state index contributed by atoms with van der Waals surface area (Å²) in [5.74, 6) is 0.00816. The molecule has 1 aliphatic heterocycles. The van der Waals surface area contributed by atoms with E-state index in [4.69, 9.17) is 12.2 Å². The second kappa shape index (κ2) is 8.35. The first kappa shape index (κ1) is 19.1. The summed E-state index contributed by atoms with van der Waals surface area (Å²) in [7, 11) is 1.70. The molecule has 5 nitrogen and oxygen atoms in total. The molecule has 0 saturated carbocycles. The molecule has 1 aliphatic rings. The highest BCUT2D eigenvalue weighted by molar-refractivity contribution is 7.80. The van der Waals surface area contributed by atoms with Crippen LogP contribution in [0.4, 0.5) is 15.8 Å². The van der Waals surface area contributed by atoms with Gasteiger partial charge in [0.25, 0.3) is 0 Å². The molecule has 0 radical (unpaired) electrons. The number of fused-ring (bicyclic) bond motifs is 1. The Morgan fingerprint density at radius 3 is 2.78 bits per heavy atom. The van der Waals surface area contributed by atoms with Gasteiger partial charge in [0.2, 0.25) is 5.91 Å². The van der Waals surface area contributed by atoms with Crippen molar-refractivity contribution in [2.75, 3.05) is 17.3 Å². The van der Waals surface area contributed by atoms with E-state index in [1.165, 1.54) is 0 Å². The molecule has 0 fully saturated rings. The van der Waals surface area contributed by atoms with Gasteiger partial charge >= 0.3 is 0 Å². The molecule has 0 unspecified atom stereocenters. The average molecular weight is 387 g/mol. The predicted octanol–water partition coefficient (Wildman–Crippen LogP) is 3.65. The van der Waals surface area contributed by atoms with Gasteiger partial charge in [0.15, 0.2) is 5.11 Å². The van der Waals surface area contributed by atoms with E-state index >= 15 is 0 Å². The van der Waals surface area contributed by atoms with E-state index < -0.39 is 6.67 Å². The lowest BCUT2D eigenvalue weighted by Gasteiger charge is -2.24. The van der Waals surface area contributed by atoms with Crippen molar-refractivity contribution in [1.29, 1.82) is 0 Å². The van der Waals surface area contributed by atoms with Gasteiger partial charge in [0.1, 0.15) is 12.4 Å². The summed E-state index contributed by atoms with van der Waals surface area (Å²) in [4.78, 5) is 14.3. The van der Waals surface area contributed by atoms with Gasteiger partial charge in [-0.25, -0.2) is 4.39 Å². The fourth-order valence-corrected chi connectivity index (χ4v) is 3.33. The number of nitrogens with zero attached hydrogens (tertiary/aromatic N) is 1. The van der Waals surface area contributed by atoms with Gasteiger partial charge in [-0.05, 0) is 47.8 Å². The van der Waals surface area contributed by atoms with E-state index in [2.05, 4.69) is 10.6 Å². The average Bonchev–Trinajstić information content (AvgIpc) is 2.81. The number of benzene rings is 2. The highest BCUT2D eigenvalue weighted by atomic mass is 32.1. The summed E-state index contributed by atoms with van der Waals surface area (Å²) in [5, 5.41) is 16.6. The molecule has 2 aromatic rings. The van der Waals surface area contributed by atoms with Crippen LogP contribution in [0.1, 0.15) is 29.5 Å². The molecule has 27 heavy (non-hydrogen) atoms. The zero-order chi connectivity index (χ0) is 19.4. The van der Waals surface area contributed by atoms with E-state index in [0.29, 0.717) is 35.0 Å². The SMILES string of the molecule is CNC(=S)Nc1cc2c(cc1O)N(Cc1cccc(CF)c1)C(=O)CCC2. The molecule has 142 valence electrons. The van der Waals surface area contributed by atoms with Gasteiger partial charge < -0.3 is 20.6 Å². The highest BCUT2D eigenvalue weighted by Crippen LogP contribution is 2.36. The maximum Gasteiger partial charge on any atom is 0.227 e. The second-order valence-corrected chi connectivity index (χ2v) is 6.90. The lowest BCUT2D eigenvalue weighted by Crippen LogP contribution is -2.29. The van der Waals surface area contributed by atoms with Gasteiger partial charge in [-0.3, -0.25) is 4.79 Å². The van der Waals surface area contributed by atoms with Crippen molar-refractivity contribution in [3.8, 4) is 5.75 Å². The molecule has 0 saturated heterocycles. The van der Waals surface area contributed by atoms with Crippen molar-refractivity contribution >= 4 is 34.6 Å². The standard InChI is InChI=1S/C20H22FN3O2S/c1-22-20(27)23-16-9-15-6-3-7-19(26)24(17(15)10-18(16)25)12-14-5-2-4-13(8-14)11-21/h2,4-5,8-10,25H,3,6-7,11-12H2,1H3,(H2,22,23,27). The number of anilines is 2. The van der Waals surface area contributed by atoms with E-state index in [1.54, 1.807) is 36.2 Å². The Balaban J connectivity index is 1.96. The first-order valence-corrected chi connectivity index (χ1v) is 9.21. The van der Waals surface area contributed by atoms with Crippen LogP contribution >= 0.6 is 12.2 Å². The van der Waals surface area contributed by atoms with Gasteiger partial charge in [-0.2, -0.15) is 0 Å². The third-order valence-electron chi connectivity index (χ3n) is 4.59. The van der Waals surface area contributed by atoms with Crippen molar-refractivity contribution in [3.63, 3.8) is 0 Å². The van der Waals surface area contributed by atoms with Crippen LogP contribution in [0.2, 0.25) is 0 Å². The number of carbonyl (C=O) groups excluding carboxylic acids is 1. The van der Waals surface area contributed by atoms with Crippen LogP contribution < -0.4 is 15.5 Å². The fraction of sp³-hybridized carbons (Fsp3) is 0.300. The van der Waals surface area contributed by atoms with E-state index in [1.807, 2.05) is 12.1 Å². The Bertz CT molecular complexity index is 872. The van der Waals surface area contributed by atoms with E-state index in [-0.39, 0.29) is 11.7 Å². The fourth-order valence-electron chi connectivity index (χ4n) is 3.22. The van der Waals surface area contributed by atoms with Crippen molar-refractivity contribution < 1.29 is 14.3 Å². The molecule has 0 aliphatic carbocycles. The summed E-state index contributed by atoms with van der Waals surface area (Å²) < 4.78 is 13.0. The number of phenols is 1. The molecule has 3 rings (SSSR count). The molecule has 1 amide bonds. The minimum atomic E-state index is -0.542. The number of halogens is 1. The largest absolute Gasteiger partial charge is 0.506 e. The normalized spacial score (nSPS) is 13.7. The zero-order valence-electron chi connectivity index (χ0n) is 15.1. The number of aryl methyl sites for hydroxylation is 1. The maximum absolute atomic E-state index is 13.0. The van der Waals surface area contributed by atoms with Crippen LogP contribution in [0.5, 0.6) is 5.75 Å². The summed E-state index contributed by atoms with van der Waals surface area (Å²) in [6.07, 6.45) is 1.88. The van der Waals surface area contributed by atoms with Crippen LogP contribution in [0.15, 0.2) is 36.4 Å². The first-order valence-electron chi connectivity index (χ1n) is 8.80. The summed E-state index contributed by atoms with van der Waals surface area (Å²) in [6.45, 7) is -0.208. The number of carbonyl (C=O) groups is 1.